The Balaban J connectivity index is 2.11. The van der Waals surface area contributed by atoms with Crippen LogP contribution in [-0.2, 0) is 4.79 Å². The van der Waals surface area contributed by atoms with Crippen LogP contribution >= 0.6 is 0 Å². The van der Waals surface area contributed by atoms with E-state index in [4.69, 9.17) is 5.11 Å². The SMILES string of the molecule is Cc1cc(C)c(C(=O)NCC2(C(=O)O)CC2)c(C)c1. The molecule has 0 bridgehead atoms. The number of aryl methyl sites for hydroxylation is 3. The quantitative estimate of drug-likeness (QED) is 0.873. The van der Waals surface area contributed by atoms with Crippen molar-refractivity contribution in [3.8, 4) is 0 Å². The van der Waals surface area contributed by atoms with E-state index >= 15 is 0 Å². The van der Waals surface area contributed by atoms with Gasteiger partial charge in [-0.1, -0.05) is 17.7 Å². The summed E-state index contributed by atoms with van der Waals surface area (Å²) >= 11 is 0. The fraction of sp³-hybridized carbons (Fsp3) is 0.467. The van der Waals surface area contributed by atoms with Gasteiger partial charge < -0.3 is 10.4 Å². The van der Waals surface area contributed by atoms with E-state index in [2.05, 4.69) is 5.32 Å². The molecule has 0 unspecified atom stereocenters. The lowest BCUT2D eigenvalue weighted by atomic mass is 9.99. The highest BCUT2D eigenvalue weighted by Gasteiger charge is 2.50. The van der Waals surface area contributed by atoms with Crippen LogP contribution in [0.4, 0.5) is 0 Å². The molecular formula is C15H19NO3. The molecule has 1 aliphatic carbocycles. The minimum Gasteiger partial charge on any atom is -0.481 e. The molecule has 1 amide bonds. The van der Waals surface area contributed by atoms with E-state index < -0.39 is 11.4 Å². The van der Waals surface area contributed by atoms with Gasteiger partial charge in [-0.25, -0.2) is 0 Å². The standard InChI is InChI=1S/C15H19NO3/c1-9-6-10(2)12(11(3)7-9)13(17)16-8-15(4-5-15)14(18)19/h6-7H,4-5,8H2,1-3H3,(H,16,17)(H,18,19). The zero-order chi connectivity index (χ0) is 14.2. The number of carbonyl (C=O) groups excluding carboxylic acids is 1. The molecule has 1 fully saturated rings. The van der Waals surface area contributed by atoms with Crippen LogP contribution in [0.1, 0.15) is 39.9 Å². The second-order valence-electron chi connectivity index (χ2n) is 5.54. The van der Waals surface area contributed by atoms with Gasteiger partial charge in [-0.2, -0.15) is 0 Å². The molecule has 2 N–H and O–H groups in total. The van der Waals surface area contributed by atoms with Crippen LogP contribution < -0.4 is 5.32 Å². The van der Waals surface area contributed by atoms with Crippen molar-refractivity contribution in [1.82, 2.24) is 5.32 Å². The van der Waals surface area contributed by atoms with Crippen molar-refractivity contribution in [2.45, 2.75) is 33.6 Å². The highest BCUT2D eigenvalue weighted by molar-refractivity contribution is 5.97. The molecule has 0 spiro atoms. The third-order valence-electron chi connectivity index (χ3n) is 3.80. The van der Waals surface area contributed by atoms with Crippen LogP contribution in [0.25, 0.3) is 0 Å². The number of carboxylic acids is 1. The average Bonchev–Trinajstić information content (AvgIpc) is 3.05. The van der Waals surface area contributed by atoms with E-state index in [-0.39, 0.29) is 12.5 Å². The maximum absolute atomic E-state index is 12.2. The zero-order valence-corrected chi connectivity index (χ0v) is 11.5. The predicted molar refractivity (Wildman–Crippen MR) is 72.3 cm³/mol. The third kappa shape index (κ3) is 2.62. The second-order valence-corrected chi connectivity index (χ2v) is 5.54. The molecule has 0 aliphatic heterocycles. The van der Waals surface area contributed by atoms with Gasteiger partial charge in [0.2, 0.25) is 0 Å². The molecule has 4 heteroatoms. The highest BCUT2D eigenvalue weighted by atomic mass is 16.4. The lowest BCUT2D eigenvalue weighted by molar-refractivity contribution is -0.143. The average molecular weight is 261 g/mol. The van der Waals surface area contributed by atoms with Crippen molar-refractivity contribution in [1.29, 1.82) is 0 Å². The molecule has 0 heterocycles. The van der Waals surface area contributed by atoms with Gasteiger partial charge in [-0.3, -0.25) is 9.59 Å². The number of carboxylic acid groups (broad SMARTS) is 1. The molecule has 0 atom stereocenters. The van der Waals surface area contributed by atoms with Gasteiger partial charge in [0.15, 0.2) is 0 Å². The summed E-state index contributed by atoms with van der Waals surface area (Å²) in [6.45, 7) is 6.01. The first-order valence-electron chi connectivity index (χ1n) is 6.45. The smallest absolute Gasteiger partial charge is 0.311 e. The van der Waals surface area contributed by atoms with E-state index in [9.17, 15) is 9.59 Å². The molecular weight excluding hydrogens is 242 g/mol. The Morgan fingerprint density at radius 1 is 1.21 bits per heavy atom. The van der Waals surface area contributed by atoms with Crippen LogP contribution in [0, 0.1) is 26.2 Å². The molecule has 0 radical (unpaired) electrons. The van der Waals surface area contributed by atoms with Crippen LogP contribution in [0.2, 0.25) is 0 Å². The molecule has 1 aromatic rings. The van der Waals surface area contributed by atoms with Crippen molar-refractivity contribution < 1.29 is 14.7 Å². The summed E-state index contributed by atoms with van der Waals surface area (Å²) in [5, 5.41) is 11.8. The molecule has 0 aromatic heterocycles. The van der Waals surface area contributed by atoms with E-state index in [0.29, 0.717) is 18.4 Å². The minimum absolute atomic E-state index is 0.178. The summed E-state index contributed by atoms with van der Waals surface area (Å²) in [6, 6.07) is 3.93. The normalized spacial score (nSPS) is 15.9. The molecule has 19 heavy (non-hydrogen) atoms. The second kappa shape index (κ2) is 4.68. The number of hydrogen-bond acceptors (Lipinski definition) is 2. The Labute approximate surface area is 112 Å². The molecule has 4 nitrogen and oxygen atoms in total. The predicted octanol–water partition coefficient (Wildman–Crippen LogP) is 2.21. The van der Waals surface area contributed by atoms with Crippen molar-refractivity contribution in [3.05, 3.63) is 34.4 Å². The minimum atomic E-state index is -0.815. The van der Waals surface area contributed by atoms with Gasteiger partial charge in [0.1, 0.15) is 0 Å². The summed E-state index contributed by atoms with van der Waals surface area (Å²) in [4.78, 5) is 23.3. The van der Waals surface area contributed by atoms with E-state index in [1.165, 1.54) is 0 Å². The van der Waals surface area contributed by atoms with Crippen LogP contribution in [0.5, 0.6) is 0 Å². The summed E-state index contributed by atoms with van der Waals surface area (Å²) in [5.41, 5.74) is 2.91. The van der Waals surface area contributed by atoms with Crippen LogP contribution in [0.3, 0.4) is 0 Å². The zero-order valence-electron chi connectivity index (χ0n) is 11.5. The summed E-state index contributed by atoms with van der Waals surface area (Å²) in [7, 11) is 0. The van der Waals surface area contributed by atoms with E-state index in [0.717, 1.165) is 16.7 Å². The van der Waals surface area contributed by atoms with Gasteiger partial charge >= 0.3 is 5.97 Å². The van der Waals surface area contributed by atoms with Gasteiger partial charge in [0.05, 0.1) is 5.41 Å². The molecule has 1 aromatic carbocycles. The Hall–Kier alpha value is -1.84. The number of aliphatic carboxylic acids is 1. The number of hydrogen-bond donors (Lipinski definition) is 2. The lowest BCUT2D eigenvalue weighted by Crippen LogP contribution is -2.34. The number of amides is 1. The summed E-state index contributed by atoms with van der Waals surface area (Å²) in [6.07, 6.45) is 1.29. The van der Waals surface area contributed by atoms with Crippen LogP contribution in [-0.4, -0.2) is 23.5 Å². The van der Waals surface area contributed by atoms with Gasteiger partial charge in [-0.15, -0.1) is 0 Å². The summed E-state index contributed by atoms with van der Waals surface area (Å²) in [5.74, 6) is -0.993. The molecule has 1 saturated carbocycles. The topological polar surface area (TPSA) is 66.4 Å². The molecule has 0 saturated heterocycles. The third-order valence-corrected chi connectivity index (χ3v) is 3.80. The van der Waals surface area contributed by atoms with Crippen LogP contribution in [0.15, 0.2) is 12.1 Å². The Morgan fingerprint density at radius 2 is 1.74 bits per heavy atom. The molecule has 102 valence electrons. The Bertz CT molecular complexity index is 521. The van der Waals surface area contributed by atoms with Gasteiger partial charge in [0.25, 0.3) is 5.91 Å². The molecule has 1 aliphatic rings. The van der Waals surface area contributed by atoms with E-state index in [1.54, 1.807) is 0 Å². The maximum atomic E-state index is 12.2. The first kappa shape index (κ1) is 13.6. The maximum Gasteiger partial charge on any atom is 0.311 e. The first-order chi connectivity index (χ1) is 8.85. The monoisotopic (exact) mass is 261 g/mol. The Kier molecular flexibility index (Phi) is 3.35. The number of carbonyl (C=O) groups is 2. The number of rotatable bonds is 4. The summed E-state index contributed by atoms with van der Waals surface area (Å²) < 4.78 is 0. The van der Waals surface area contributed by atoms with Gasteiger partial charge in [-0.05, 0) is 44.7 Å². The van der Waals surface area contributed by atoms with E-state index in [1.807, 2.05) is 32.9 Å². The van der Waals surface area contributed by atoms with Crippen molar-refractivity contribution in [2.24, 2.45) is 5.41 Å². The largest absolute Gasteiger partial charge is 0.481 e. The Morgan fingerprint density at radius 3 is 2.16 bits per heavy atom. The fourth-order valence-electron chi connectivity index (χ4n) is 2.49. The highest BCUT2D eigenvalue weighted by Crippen LogP contribution is 2.45. The number of benzene rings is 1. The van der Waals surface area contributed by atoms with Crippen molar-refractivity contribution in [2.75, 3.05) is 6.54 Å². The molecule has 2 rings (SSSR count). The fourth-order valence-corrected chi connectivity index (χ4v) is 2.49. The van der Waals surface area contributed by atoms with Gasteiger partial charge in [0, 0.05) is 12.1 Å². The number of nitrogens with one attached hydrogen (secondary N) is 1. The van der Waals surface area contributed by atoms with Crippen molar-refractivity contribution in [3.63, 3.8) is 0 Å². The van der Waals surface area contributed by atoms with Crippen molar-refractivity contribution >= 4 is 11.9 Å². The lowest BCUT2D eigenvalue weighted by Gasteiger charge is -2.14. The first-order valence-corrected chi connectivity index (χ1v) is 6.45.